The topological polar surface area (TPSA) is 46.2 Å². The predicted octanol–water partition coefficient (Wildman–Crippen LogP) is 6.54. The molecule has 2 aliphatic rings. The summed E-state index contributed by atoms with van der Waals surface area (Å²) in [6.07, 6.45) is 14.0. The first-order valence-corrected chi connectivity index (χ1v) is 11.8. The maximum absolute atomic E-state index is 6.58. The second-order valence-electron chi connectivity index (χ2n) is 8.30. The molecule has 164 valence electrons. The molecule has 0 bridgehead atoms. The normalized spacial score (nSPS) is 19.6. The van der Waals surface area contributed by atoms with E-state index in [0.29, 0.717) is 22.0 Å². The summed E-state index contributed by atoms with van der Waals surface area (Å²) < 4.78 is 5.41. The van der Waals surface area contributed by atoms with Crippen LogP contribution in [-0.4, -0.2) is 30.8 Å². The van der Waals surface area contributed by atoms with Crippen LogP contribution >= 0.6 is 23.2 Å². The summed E-state index contributed by atoms with van der Waals surface area (Å²) in [5.41, 5.74) is 2.68. The number of hydrogen-bond donors (Lipinski definition) is 2. The van der Waals surface area contributed by atoms with Gasteiger partial charge in [0.05, 0.1) is 5.02 Å². The molecule has 1 aromatic heterocycles. The molecule has 2 N–H and O–H groups in total. The van der Waals surface area contributed by atoms with Crippen molar-refractivity contribution in [3.8, 4) is 0 Å². The average Bonchev–Trinajstić information content (AvgIpc) is 2.78. The lowest BCUT2D eigenvalue weighted by Crippen LogP contribution is -2.26. The van der Waals surface area contributed by atoms with E-state index in [2.05, 4.69) is 22.2 Å². The number of halogens is 2. The Labute approximate surface area is 190 Å². The van der Waals surface area contributed by atoms with Crippen LogP contribution in [0.1, 0.15) is 57.4 Å². The molecule has 1 aliphatic carbocycles. The molecule has 1 saturated carbocycles. The standard InChI is InChI=1S/C24H33Cl2N3O/c1-17(27-15-19-10-12-30-13-11-19)8-9-22(25)18(2)21-14-24(28-16-23(21)26)29-20-6-4-3-5-7-20/h8-9,14,16,19-20,27H,1,3-7,10-13,15H2,2H3,(H,28,29)/b9-8-,22-18-. The molecule has 1 aliphatic heterocycles. The lowest BCUT2D eigenvalue weighted by molar-refractivity contribution is 0.0671. The lowest BCUT2D eigenvalue weighted by Gasteiger charge is -2.23. The zero-order valence-electron chi connectivity index (χ0n) is 17.9. The summed E-state index contributed by atoms with van der Waals surface area (Å²) in [6, 6.07) is 2.49. The molecule has 0 amide bonds. The van der Waals surface area contributed by atoms with Gasteiger partial charge < -0.3 is 15.4 Å². The van der Waals surface area contributed by atoms with Crippen LogP contribution in [0.2, 0.25) is 5.02 Å². The third kappa shape index (κ3) is 7.04. The highest BCUT2D eigenvalue weighted by atomic mass is 35.5. The predicted molar refractivity (Wildman–Crippen MR) is 128 cm³/mol. The molecule has 1 saturated heterocycles. The first-order valence-electron chi connectivity index (χ1n) is 11.0. The van der Waals surface area contributed by atoms with Crippen molar-refractivity contribution in [3.63, 3.8) is 0 Å². The minimum atomic E-state index is 0.491. The number of hydrogen-bond acceptors (Lipinski definition) is 4. The molecular weight excluding hydrogens is 417 g/mol. The van der Waals surface area contributed by atoms with E-state index in [1.54, 1.807) is 6.20 Å². The Hall–Kier alpha value is -1.49. The molecule has 30 heavy (non-hydrogen) atoms. The van der Waals surface area contributed by atoms with Crippen LogP contribution in [0.3, 0.4) is 0 Å². The van der Waals surface area contributed by atoms with Gasteiger partial charge in [0.25, 0.3) is 0 Å². The molecule has 0 radical (unpaired) electrons. The summed E-state index contributed by atoms with van der Waals surface area (Å²) in [4.78, 5) is 4.46. The van der Waals surface area contributed by atoms with Crippen molar-refractivity contribution in [2.75, 3.05) is 25.1 Å². The minimum absolute atomic E-state index is 0.491. The van der Waals surface area contributed by atoms with Crippen LogP contribution in [0.4, 0.5) is 5.82 Å². The summed E-state index contributed by atoms with van der Waals surface area (Å²) in [5, 5.41) is 8.18. The largest absolute Gasteiger partial charge is 0.385 e. The summed E-state index contributed by atoms with van der Waals surface area (Å²) in [6.45, 7) is 8.69. The van der Waals surface area contributed by atoms with Gasteiger partial charge in [-0.05, 0) is 62.3 Å². The fourth-order valence-corrected chi connectivity index (χ4v) is 4.38. The quantitative estimate of drug-likeness (QED) is 0.442. The highest BCUT2D eigenvalue weighted by Crippen LogP contribution is 2.30. The van der Waals surface area contributed by atoms with E-state index in [4.69, 9.17) is 27.9 Å². The SMILES string of the molecule is C=C(/C=C\C(Cl)=C(/C)c1cc(NC2CCCCC2)ncc1Cl)NCC1CCOCC1. The van der Waals surface area contributed by atoms with Crippen molar-refractivity contribution in [2.45, 2.75) is 57.9 Å². The van der Waals surface area contributed by atoms with E-state index in [9.17, 15) is 0 Å². The van der Waals surface area contributed by atoms with E-state index in [-0.39, 0.29) is 0 Å². The van der Waals surface area contributed by atoms with E-state index in [0.717, 1.165) is 55.3 Å². The maximum atomic E-state index is 6.58. The number of rotatable bonds is 8. The van der Waals surface area contributed by atoms with Crippen LogP contribution in [0, 0.1) is 5.92 Å². The van der Waals surface area contributed by atoms with Gasteiger partial charge in [0.15, 0.2) is 0 Å². The van der Waals surface area contributed by atoms with Crippen molar-refractivity contribution in [1.82, 2.24) is 10.3 Å². The lowest BCUT2D eigenvalue weighted by atomic mass is 9.95. The number of nitrogens with zero attached hydrogens (tertiary/aromatic N) is 1. The van der Waals surface area contributed by atoms with Gasteiger partial charge in [-0.25, -0.2) is 4.98 Å². The highest BCUT2D eigenvalue weighted by Gasteiger charge is 2.15. The van der Waals surface area contributed by atoms with E-state index >= 15 is 0 Å². The number of anilines is 1. The van der Waals surface area contributed by atoms with Gasteiger partial charge in [-0.1, -0.05) is 49.0 Å². The fourth-order valence-electron chi connectivity index (χ4n) is 3.97. The molecule has 0 unspecified atom stereocenters. The van der Waals surface area contributed by atoms with Crippen LogP contribution in [0.15, 0.2) is 41.7 Å². The zero-order valence-corrected chi connectivity index (χ0v) is 19.4. The number of allylic oxidation sites excluding steroid dienone is 4. The van der Waals surface area contributed by atoms with Gasteiger partial charge in [0.2, 0.25) is 0 Å². The number of ether oxygens (including phenoxy) is 1. The Kier molecular flexibility index (Phi) is 9.10. The second-order valence-corrected chi connectivity index (χ2v) is 9.11. The van der Waals surface area contributed by atoms with Gasteiger partial charge in [-0.2, -0.15) is 0 Å². The van der Waals surface area contributed by atoms with Crippen molar-refractivity contribution in [3.05, 3.63) is 52.3 Å². The average molecular weight is 450 g/mol. The Morgan fingerprint density at radius 2 is 1.93 bits per heavy atom. The molecule has 2 heterocycles. The van der Waals surface area contributed by atoms with E-state index in [1.807, 2.05) is 25.1 Å². The molecule has 4 nitrogen and oxygen atoms in total. The van der Waals surface area contributed by atoms with Gasteiger partial charge >= 0.3 is 0 Å². The van der Waals surface area contributed by atoms with Gasteiger partial charge in [0.1, 0.15) is 5.82 Å². The van der Waals surface area contributed by atoms with Gasteiger partial charge in [-0.3, -0.25) is 0 Å². The number of pyridine rings is 1. The molecule has 0 aromatic carbocycles. The third-order valence-electron chi connectivity index (χ3n) is 5.96. The number of aromatic nitrogens is 1. The molecule has 1 aromatic rings. The van der Waals surface area contributed by atoms with E-state index in [1.165, 1.54) is 32.1 Å². The molecule has 0 atom stereocenters. The third-order valence-corrected chi connectivity index (χ3v) is 6.67. The van der Waals surface area contributed by atoms with Crippen molar-refractivity contribution in [2.24, 2.45) is 5.92 Å². The van der Waals surface area contributed by atoms with Crippen LogP contribution in [0.25, 0.3) is 5.57 Å². The first kappa shape index (κ1) is 23.2. The first-order chi connectivity index (χ1) is 14.5. The van der Waals surface area contributed by atoms with Crippen molar-refractivity contribution < 1.29 is 4.74 Å². The summed E-state index contributed by atoms with van der Waals surface area (Å²) in [5.74, 6) is 1.50. The Morgan fingerprint density at radius 3 is 2.67 bits per heavy atom. The zero-order chi connectivity index (χ0) is 21.3. The fraction of sp³-hybridized carbons (Fsp3) is 0.542. The monoisotopic (exact) mass is 449 g/mol. The molecule has 2 fully saturated rings. The molecule has 0 spiro atoms. The van der Waals surface area contributed by atoms with Gasteiger partial charge in [-0.15, -0.1) is 0 Å². The molecule has 3 rings (SSSR count). The second kappa shape index (κ2) is 11.8. The van der Waals surface area contributed by atoms with Crippen molar-refractivity contribution >= 4 is 34.6 Å². The maximum Gasteiger partial charge on any atom is 0.126 e. The smallest absolute Gasteiger partial charge is 0.126 e. The number of nitrogens with one attached hydrogen (secondary N) is 2. The molecule has 6 heteroatoms. The van der Waals surface area contributed by atoms with Gasteiger partial charge in [0, 0.05) is 48.3 Å². The Bertz CT molecular complexity index is 779. The Balaban J connectivity index is 1.60. The van der Waals surface area contributed by atoms with Crippen LogP contribution in [-0.2, 0) is 4.74 Å². The minimum Gasteiger partial charge on any atom is -0.385 e. The van der Waals surface area contributed by atoms with Crippen LogP contribution in [0.5, 0.6) is 0 Å². The van der Waals surface area contributed by atoms with Crippen LogP contribution < -0.4 is 10.6 Å². The summed E-state index contributed by atoms with van der Waals surface area (Å²) >= 11 is 13.0. The highest BCUT2D eigenvalue weighted by molar-refractivity contribution is 6.36. The van der Waals surface area contributed by atoms with E-state index < -0.39 is 0 Å². The Morgan fingerprint density at radius 1 is 1.20 bits per heavy atom. The van der Waals surface area contributed by atoms with Crippen molar-refractivity contribution in [1.29, 1.82) is 0 Å². The summed E-state index contributed by atoms with van der Waals surface area (Å²) in [7, 11) is 0. The molecular formula is C24H33Cl2N3O.